The standard InChI is InChI=1S/C6H12O.C2H6O2/c1-4-6(5-2)7-3;3-1-2-4/h4,6H,1,5H2,2-3H3;3-4H,1-2H2. The summed E-state index contributed by atoms with van der Waals surface area (Å²) in [4.78, 5) is 0. The van der Waals surface area contributed by atoms with Crippen molar-refractivity contribution >= 4 is 0 Å². The lowest BCUT2D eigenvalue weighted by Crippen LogP contribution is -2.02. The van der Waals surface area contributed by atoms with Crippen LogP contribution in [0.5, 0.6) is 0 Å². The lowest BCUT2D eigenvalue weighted by atomic mass is 10.3. The highest BCUT2D eigenvalue weighted by Crippen LogP contribution is 1.93. The van der Waals surface area contributed by atoms with E-state index in [4.69, 9.17) is 14.9 Å². The van der Waals surface area contributed by atoms with Crippen molar-refractivity contribution in [3.8, 4) is 0 Å². The van der Waals surface area contributed by atoms with Crippen molar-refractivity contribution in [2.45, 2.75) is 19.4 Å². The Bertz CT molecular complexity index is 67.7. The number of hydrogen-bond donors (Lipinski definition) is 2. The number of aliphatic hydroxyl groups is 2. The van der Waals surface area contributed by atoms with Gasteiger partial charge in [-0.2, -0.15) is 0 Å². The van der Waals surface area contributed by atoms with Crippen LogP contribution in [0.3, 0.4) is 0 Å². The maximum atomic E-state index is 7.62. The highest BCUT2D eigenvalue weighted by molar-refractivity contribution is 4.77. The van der Waals surface area contributed by atoms with Gasteiger partial charge in [-0.15, -0.1) is 6.58 Å². The molecule has 11 heavy (non-hydrogen) atoms. The van der Waals surface area contributed by atoms with Gasteiger partial charge in [-0.3, -0.25) is 0 Å². The molecule has 3 heteroatoms. The molecule has 1 unspecified atom stereocenters. The molecular weight excluding hydrogens is 144 g/mol. The van der Waals surface area contributed by atoms with E-state index in [0.717, 1.165) is 6.42 Å². The summed E-state index contributed by atoms with van der Waals surface area (Å²) in [6.07, 6.45) is 3.07. The van der Waals surface area contributed by atoms with Crippen LogP contribution in [0.25, 0.3) is 0 Å². The molecule has 0 saturated heterocycles. The third kappa shape index (κ3) is 12.7. The molecule has 0 rings (SSSR count). The van der Waals surface area contributed by atoms with E-state index < -0.39 is 0 Å². The molecule has 0 aromatic heterocycles. The number of ether oxygens (including phenoxy) is 1. The minimum Gasteiger partial charge on any atom is -0.394 e. The molecule has 0 amide bonds. The molecule has 0 bridgehead atoms. The van der Waals surface area contributed by atoms with E-state index in [-0.39, 0.29) is 19.3 Å². The Morgan fingerprint density at radius 2 is 1.91 bits per heavy atom. The van der Waals surface area contributed by atoms with Gasteiger partial charge in [-0.1, -0.05) is 13.0 Å². The Hall–Kier alpha value is -0.380. The van der Waals surface area contributed by atoms with Gasteiger partial charge < -0.3 is 14.9 Å². The topological polar surface area (TPSA) is 49.7 Å². The predicted octanol–water partition coefficient (Wildman–Crippen LogP) is 0.568. The van der Waals surface area contributed by atoms with Crippen molar-refractivity contribution in [1.29, 1.82) is 0 Å². The second kappa shape index (κ2) is 12.3. The van der Waals surface area contributed by atoms with Gasteiger partial charge in [0, 0.05) is 7.11 Å². The first-order valence-electron chi connectivity index (χ1n) is 3.63. The van der Waals surface area contributed by atoms with Gasteiger partial charge in [-0.25, -0.2) is 0 Å². The van der Waals surface area contributed by atoms with Crippen LogP contribution in [-0.2, 0) is 4.74 Å². The van der Waals surface area contributed by atoms with Crippen LogP contribution in [0.4, 0.5) is 0 Å². The molecule has 0 radical (unpaired) electrons. The van der Waals surface area contributed by atoms with Crippen molar-refractivity contribution in [1.82, 2.24) is 0 Å². The van der Waals surface area contributed by atoms with Crippen LogP contribution in [-0.4, -0.2) is 36.6 Å². The second-order valence-electron chi connectivity index (χ2n) is 1.87. The summed E-state index contributed by atoms with van der Waals surface area (Å²) in [7, 11) is 1.69. The summed E-state index contributed by atoms with van der Waals surface area (Å²) in [6.45, 7) is 5.39. The second-order valence-corrected chi connectivity index (χ2v) is 1.87. The van der Waals surface area contributed by atoms with Crippen LogP contribution in [0, 0.1) is 0 Å². The van der Waals surface area contributed by atoms with Crippen LogP contribution < -0.4 is 0 Å². The molecule has 0 aliphatic carbocycles. The zero-order valence-corrected chi connectivity index (χ0v) is 7.29. The van der Waals surface area contributed by atoms with Gasteiger partial charge in [0.15, 0.2) is 0 Å². The fraction of sp³-hybridized carbons (Fsp3) is 0.750. The molecule has 68 valence electrons. The smallest absolute Gasteiger partial charge is 0.0746 e. The Morgan fingerprint density at radius 3 is 1.91 bits per heavy atom. The van der Waals surface area contributed by atoms with Crippen molar-refractivity contribution < 1.29 is 14.9 Å². The highest BCUT2D eigenvalue weighted by atomic mass is 16.5. The number of rotatable bonds is 4. The minimum atomic E-state index is -0.125. The maximum absolute atomic E-state index is 7.62. The SMILES string of the molecule is C=CC(CC)OC.OCCO. The molecule has 0 aromatic carbocycles. The first-order valence-corrected chi connectivity index (χ1v) is 3.63. The molecule has 2 N–H and O–H groups in total. The van der Waals surface area contributed by atoms with Crippen molar-refractivity contribution in [3.63, 3.8) is 0 Å². The van der Waals surface area contributed by atoms with Crippen molar-refractivity contribution in [2.24, 2.45) is 0 Å². The van der Waals surface area contributed by atoms with Gasteiger partial charge in [0.25, 0.3) is 0 Å². The first kappa shape index (κ1) is 13.2. The van der Waals surface area contributed by atoms with Crippen molar-refractivity contribution in [3.05, 3.63) is 12.7 Å². The molecule has 0 saturated carbocycles. The first-order chi connectivity index (χ1) is 5.26. The molecular formula is C8H18O3. The normalized spacial score (nSPS) is 11.3. The molecule has 0 heterocycles. The molecule has 1 atom stereocenters. The van der Waals surface area contributed by atoms with Crippen LogP contribution in [0.2, 0.25) is 0 Å². The summed E-state index contributed by atoms with van der Waals surface area (Å²) >= 11 is 0. The van der Waals surface area contributed by atoms with E-state index >= 15 is 0 Å². The Morgan fingerprint density at radius 1 is 1.45 bits per heavy atom. The van der Waals surface area contributed by atoms with Gasteiger partial charge in [0.1, 0.15) is 0 Å². The highest BCUT2D eigenvalue weighted by Gasteiger charge is 1.92. The third-order valence-corrected chi connectivity index (χ3v) is 1.07. The Balaban J connectivity index is 0. The van der Waals surface area contributed by atoms with E-state index in [1.165, 1.54) is 0 Å². The van der Waals surface area contributed by atoms with Crippen molar-refractivity contribution in [2.75, 3.05) is 20.3 Å². The summed E-state index contributed by atoms with van der Waals surface area (Å²) in [5.74, 6) is 0. The fourth-order valence-electron chi connectivity index (χ4n) is 0.430. The summed E-state index contributed by atoms with van der Waals surface area (Å²) in [6, 6.07) is 0. The summed E-state index contributed by atoms with van der Waals surface area (Å²) in [5.41, 5.74) is 0. The average Bonchev–Trinajstić information content (AvgIpc) is 2.08. The van der Waals surface area contributed by atoms with E-state index in [2.05, 4.69) is 13.5 Å². The minimum absolute atomic E-state index is 0.125. The molecule has 0 aliphatic rings. The average molecular weight is 162 g/mol. The predicted molar refractivity (Wildman–Crippen MR) is 45.5 cm³/mol. The van der Waals surface area contributed by atoms with E-state index in [1.807, 2.05) is 0 Å². The van der Waals surface area contributed by atoms with Crippen LogP contribution in [0.1, 0.15) is 13.3 Å². The lowest BCUT2D eigenvalue weighted by Gasteiger charge is -2.03. The van der Waals surface area contributed by atoms with Gasteiger partial charge in [0.05, 0.1) is 19.3 Å². The Labute approximate surface area is 68.3 Å². The zero-order chi connectivity index (χ0) is 9.11. The van der Waals surface area contributed by atoms with E-state index in [1.54, 1.807) is 13.2 Å². The van der Waals surface area contributed by atoms with Gasteiger partial charge >= 0.3 is 0 Å². The van der Waals surface area contributed by atoms with Crippen LogP contribution >= 0.6 is 0 Å². The zero-order valence-electron chi connectivity index (χ0n) is 7.29. The molecule has 0 aliphatic heterocycles. The molecule has 0 aromatic rings. The van der Waals surface area contributed by atoms with Crippen LogP contribution in [0.15, 0.2) is 12.7 Å². The Kier molecular flexibility index (Phi) is 14.8. The van der Waals surface area contributed by atoms with E-state index in [0.29, 0.717) is 0 Å². The molecule has 3 nitrogen and oxygen atoms in total. The summed E-state index contributed by atoms with van der Waals surface area (Å²) in [5, 5.41) is 15.2. The third-order valence-electron chi connectivity index (χ3n) is 1.07. The van der Waals surface area contributed by atoms with E-state index in [9.17, 15) is 0 Å². The fourth-order valence-corrected chi connectivity index (χ4v) is 0.430. The van der Waals surface area contributed by atoms with Gasteiger partial charge in [0.2, 0.25) is 0 Å². The van der Waals surface area contributed by atoms with Gasteiger partial charge in [-0.05, 0) is 6.42 Å². The lowest BCUT2D eigenvalue weighted by molar-refractivity contribution is 0.138. The molecule has 0 fully saturated rings. The largest absolute Gasteiger partial charge is 0.394 e. The molecule has 0 spiro atoms. The quantitative estimate of drug-likeness (QED) is 0.594. The monoisotopic (exact) mass is 162 g/mol. The number of aliphatic hydroxyl groups excluding tert-OH is 2. The number of hydrogen-bond acceptors (Lipinski definition) is 3. The number of methoxy groups -OCH3 is 1. The summed E-state index contributed by atoms with van der Waals surface area (Å²) < 4.78 is 4.93. The maximum Gasteiger partial charge on any atom is 0.0746 e.